The number of hydrogen-bond acceptors (Lipinski definition) is 5. The number of carbonyl (C=O) groups excluding carboxylic acids is 2. The van der Waals surface area contributed by atoms with Crippen LogP contribution in [0.5, 0.6) is 5.75 Å². The fourth-order valence-corrected chi connectivity index (χ4v) is 2.94. The number of benzene rings is 2. The lowest BCUT2D eigenvalue weighted by Gasteiger charge is -2.06. The van der Waals surface area contributed by atoms with Crippen molar-refractivity contribution in [3.05, 3.63) is 66.1 Å². The number of amides is 1. The van der Waals surface area contributed by atoms with Crippen LogP contribution in [0, 0.1) is 0 Å². The Morgan fingerprint density at radius 2 is 1.73 bits per heavy atom. The first kappa shape index (κ1) is 21.3. The van der Waals surface area contributed by atoms with E-state index in [1.54, 1.807) is 37.6 Å². The maximum atomic E-state index is 12.2. The average Bonchev–Trinajstić information content (AvgIpc) is 3.25. The fourth-order valence-electron chi connectivity index (χ4n) is 2.94. The molecule has 0 radical (unpaired) electrons. The molecule has 1 N–H and O–H groups in total. The molecular weight excluding hydrogens is 380 g/mol. The Labute approximate surface area is 176 Å². The zero-order chi connectivity index (χ0) is 21.5. The molecule has 1 amide bonds. The minimum atomic E-state index is -0.122. The monoisotopic (exact) mass is 406 g/mol. The molecule has 0 aliphatic heterocycles. The highest BCUT2D eigenvalue weighted by Crippen LogP contribution is 2.24. The number of nitrogens with zero attached hydrogens (tertiary/aromatic N) is 1. The molecule has 6 nitrogen and oxygen atoms in total. The molecule has 156 valence electrons. The summed E-state index contributed by atoms with van der Waals surface area (Å²) in [7, 11) is 1.58. The van der Waals surface area contributed by atoms with Gasteiger partial charge in [0.25, 0.3) is 0 Å². The summed E-state index contributed by atoms with van der Waals surface area (Å²) in [6.07, 6.45) is 2.83. The highest BCUT2D eigenvalue weighted by molar-refractivity contribution is 5.97. The summed E-state index contributed by atoms with van der Waals surface area (Å²) in [6.45, 7) is 4.10. The maximum Gasteiger partial charge on any atom is 0.226 e. The third-order valence-electron chi connectivity index (χ3n) is 4.73. The van der Waals surface area contributed by atoms with Crippen LogP contribution >= 0.6 is 0 Å². The molecule has 0 aliphatic carbocycles. The summed E-state index contributed by atoms with van der Waals surface area (Å²) in [4.78, 5) is 28.7. The van der Waals surface area contributed by atoms with E-state index in [9.17, 15) is 9.59 Å². The van der Waals surface area contributed by atoms with E-state index in [4.69, 9.17) is 9.15 Å². The van der Waals surface area contributed by atoms with E-state index < -0.39 is 0 Å². The largest absolute Gasteiger partial charge is 0.497 e. The van der Waals surface area contributed by atoms with Crippen molar-refractivity contribution < 1.29 is 18.7 Å². The Kier molecular flexibility index (Phi) is 7.01. The van der Waals surface area contributed by atoms with Crippen molar-refractivity contribution in [2.24, 2.45) is 0 Å². The van der Waals surface area contributed by atoms with Crippen LogP contribution in [0.15, 0.2) is 59.1 Å². The maximum absolute atomic E-state index is 12.2. The normalized spacial score (nSPS) is 10.8. The van der Waals surface area contributed by atoms with Gasteiger partial charge in [0.15, 0.2) is 5.78 Å². The predicted molar refractivity (Wildman–Crippen MR) is 116 cm³/mol. The number of oxazole rings is 1. The molecule has 2 aromatic carbocycles. The van der Waals surface area contributed by atoms with Crippen LogP contribution < -0.4 is 10.1 Å². The number of anilines is 1. The lowest BCUT2D eigenvalue weighted by Crippen LogP contribution is -2.12. The summed E-state index contributed by atoms with van der Waals surface area (Å²) < 4.78 is 10.8. The summed E-state index contributed by atoms with van der Waals surface area (Å²) in [5, 5.41) is 2.85. The average molecular weight is 406 g/mol. The van der Waals surface area contributed by atoms with Crippen LogP contribution in [0.2, 0.25) is 0 Å². The van der Waals surface area contributed by atoms with Crippen LogP contribution in [0.1, 0.15) is 55.1 Å². The first-order chi connectivity index (χ1) is 14.5. The van der Waals surface area contributed by atoms with Crippen LogP contribution in [0.25, 0.3) is 11.5 Å². The molecule has 30 heavy (non-hydrogen) atoms. The molecule has 3 aromatic rings. The van der Waals surface area contributed by atoms with E-state index in [0.717, 1.165) is 11.3 Å². The number of hydrogen-bond donors (Lipinski definition) is 1. The predicted octanol–water partition coefficient (Wildman–Crippen LogP) is 5.47. The van der Waals surface area contributed by atoms with Gasteiger partial charge < -0.3 is 14.5 Å². The van der Waals surface area contributed by atoms with Crippen molar-refractivity contribution in [2.45, 2.75) is 39.0 Å². The first-order valence-corrected chi connectivity index (χ1v) is 9.99. The van der Waals surface area contributed by atoms with Crippen molar-refractivity contribution in [3.8, 4) is 17.2 Å². The minimum Gasteiger partial charge on any atom is -0.497 e. The van der Waals surface area contributed by atoms with Gasteiger partial charge in [0.05, 0.1) is 13.3 Å². The van der Waals surface area contributed by atoms with Crippen LogP contribution in [-0.2, 0) is 4.79 Å². The molecule has 6 heteroatoms. The molecule has 1 heterocycles. The van der Waals surface area contributed by atoms with Gasteiger partial charge in [-0.2, -0.15) is 0 Å². The Hall–Kier alpha value is -3.41. The van der Waals surface area contributed by atoms with Gasteiger partial charge in [-0.05, 0) is 55.0 Å². The number of rotatable bonds is 9. The van der Waals surface area contributed by atoms with E-state index in [1.807, 2.05) is 38.1 Å². The second-order valence-corrected chi connectivity index (χ2v) is 7.35. The van der Waals surface area contributed by atoms with Gasteiger partial charge >= 0.3 is 0 Å². The number of methoxy groups -OCH3 is 1. The van der Waals surface area contributed by atoms with Gasteiger partial charge in [-0.25, -0.2) is 4.98 Å². The van der Waals surface area contributed by atoms with Crippen molar-refractivity contribution in [1.82, 2.24) is 4.98 Å². The molecule has 3 rings (SSSR count). The molecule has 0 aliphatic rings. The van der Waals surface area contributed by atoms with Gasteiger partial charge in [-0.15, -0.1) is 0 Å². The standard InChI is InChI=1S/C24H26N2O4/c1-16(2)22-15-25-24(30-22)18-7-11-19(12-8-18)26-23(28)6-4-5-21(27)17-9-13-20(29-3)14-10-17/h7-16H,4-6H2,1-3H3,(H,26,28). The minimum absolute atomic E-state index is 0.0153. The molecule has 0 saturated carbocycles. The van der Waals surface area contributed by atoms with Crippen LogP contribution in [0.3, 0.4) is 0 Å². The zero-order valence-corrected chi connectivity index (χ0v) is 17.5. The lowest BCUT2D eigenvalue weighted by molar-refractivity contribution is -0.116. The zero-order valence-electron chi connectivity index (χ0n) is 17.5. The molecule has 0 fully saturated rings. The van der Waals surface area contributed by atoms with Crippen molar-refractivity contribution in [1.29, 1.82) is 0 Å². The number of aromatic nitrogens is 1. The lowest BCUT2D eigenvalue weighted by atomic mass is 10.1. The summed E-state index contributed by atoms with van der Waals surface area (Å²) in [5.41, 5.74) is 2.17. The van der Waals surface area contributed by atoms with Gasteiger partial charge in [-0.3, -0.25) is 9.59 Å². The SMILES string of the molecule is COc1ccc(C(=O)CCCC(=O)Nc2ccc(-c3ncc(C(C)C)o3)cc2)cc1. The summed E-state index contributed by atoms with van der Waals surface area (Å²) in [6, 6.07) is 14.3. The number of carbonyl (C=O) groups is 2. The number of ether oxygens (including phenoxy) is 1. The number of nitrogens with one attached hydrogen (secondary N) is 1. The second-order valence-electron chi connectivity index (χ2n) is 7.35. The molecule has 0 unspecified atom stereocenters. The van der Waals surface area contributed by atoms with E-state index in [-0.39, 0.29) is 24.0 Å². The molecule has 1 aromatic heterocycles. The van der Waals surface area contributed by atoms with Crippen LogP contribution in [0.4, 0.5) is 5.69 Å². The van der Waals surface area contributed by atoms with Crippen LogP contribution in [-0.4, -0.2) is 23.8 Å². The Morgan fingerprint density at radius 3 is 2.33 bits per heavy atom. The van der Waals surface area contributed by atoms with E-state index >= 15 is 0 Å². The first-order valence-electron chi connectivity index (χ1n) is 9.99. The number of Topliss-reactive ketones (excluding diaryl/α,β-unsaturated/α-hetero) is 1. The second kappa shape index (κ2) is 9.87. The van der Waals surface area contributed by atoms with Gasteiger partial charge in [0, 0.05) is 35.6 Å². The molecular formula is C24H26N2O4. The molecule has 0 atom stereocenters. The molecule has 0 spiro atoms. The van der Waals surface area contributed by atoms with Gasteiger partial charge in [-0.1, -0.05) is 13.8 Å². The molecule has 0 bridgehead atoms. The van der Waals surface area contributed by atoms with E-state index in [1.165, 1.54) is 0 Å². The topological polar surface area (TPSA) is 81.4 Å². The fraction of sp³-hybridized carbons (Fsp3) is 0.292. The Balaban J connectivity index is 1.46. The summed E-state index contributed by atoms with van der Waals surface area (Å²) >= 11 is 0. The smallest absolute Gasteiger partial charge is 0.226 e. The highest BCUT2D eigenvalue weighted by Gasteiger charge is 2.11. The van der Waals surface area contributed by atoms with E-state index in [0.29, 0.717) is 35.7 Å². The van der Waals surface area contributed by atoms with Crippen molar-refractivity contribution in [2.75, 3.05) is 12.4 Å². The third kappa shape index (κ3) is 5.56. The third-order valence-corrected chi connectivity index (χ3v) is 4.73. The highest BCUT2D eigenvalue weighted by atomic mass is 16.5. The van der Waals surface area contributed by atoms with Gasteiger partial charge in [0.2, 0.25) is 11.8 Å². The Bertz CT molecular complexity index is 989. The summed E-state index contributed by atoms with van der Waals surface area (Å²) in [5.74, 6) is 2.28. The van der Waals surface area contributed by atoms with Crippen molar-refractivity contribution >= 4 is 17.4 Å². The van der Waals surface area contributed by atoms with E-state index in [2.05, 4.69) is 10.3 Å². The van der Waals surface area contributed by atoms with Gasteiger partial charge in [0.1, 0.15) is 11.5 Å². The number of ketones is 1. The van der Waals surface area contributed by atoms with Crippen molar-refractivity contribution in [3.63, 3.8) is 0 Å². The Morgan fingerprint density at radius 1 is 1.03 bits per heavy atom. The molecule has 0 saturated heterocycles. The quantitative estimate of drug-likeness (QED) is 0.477.